The minimum atomic E-state index is 0.316. The molecule has 0 unspecified atom stereocenters. The van der Waals surface area contributed by atoms with E-state index in [0.717, 1.165) is 17.3 Å². The molecule has 4 heteroatoms. The quantitative estimate of drug-likeness (QED) is 0.646. The number of fused-ring (bicyclic) bond motifs is 1. The van der Waals surface area contributed by atoms with Crippen molar-refractivity contribution in [3.8, 4) is 0 Å². The number of carbonyl (C=O) groups excluding carboxylic acids is 1. The third kappa shape index (κ3) is 3.70. The minimum absolute atomic E-state index is 0.316. The number of nitrogens with zero attached hydrogens (tertiary/aromatic N) is 1. The minimum Gasteiger partial charge on any atom is -0.356 e. The summed E-state index contributed by atoms with van der Waals surface area (Å²) in [5.74, 6) is 0. The van der Waals surface area contributed by atoms with Gasteiger partial charge < -0.3 is 9.32 Å². The Kier molecular flexibility index (Phi) is 8.25. The van der Waals surface area contributed by atoms with Crippen molar-refractivity contribution in [1.82, 2.24) is 5.16 Å². The standard InChI is InChI=1S/C9H7NO2.C2H6.CH4S/c11-6-5-8-7-3-1-2-4-9(7)12-10-8;2*1-2/h1-4,6H,5H2;1-2H3;2H,1H3. The lowest BCUT2D eigenvalue weighted by molar-refractivity contribution is -0.107. The van der Waals surface area contributed by atoms with Crippen molar-refractivity contribution >= 4 is 29.9 Å². The molecule has 2 aromatic rings. The Morgan fingerprint density at radius 2 is 1.94 bits per heavy atom. The molecule has 88 valence electrons. The molecule has 0 aliphatic rings. The highest BCUT2D eigenvalue weighted by atomic mass is 32.1. The molecule has 0 saturated heterocycles. The molecule has 0 spiro atoms. The molecule has 2 rings (SSSR count). The van der Waals surface area contributed by atoms with Gasteiger partial charge in [-0.2, -0.15) is 12.6 Å². The molecule has 0 atom stereocenters. The molecule has 3 nitrogen and oxygen atoms in total. The van der Waals surface area contributed by atoms with Crippen LogP contribution in [-0.2, 0) is 11.2 Å². The van der Waals surface area contributed by atoms with E-state index in [-0.39, 0.29) is 0 Å². The third-order valence-electron chi connectivity index (χ3n) is 1.73. The summed E-state index contributed by atoms with van der Waals surface area (Å²) in [7, 11) is 0. The van der Waals surface area contributed by atoms with Crippen molar-refractivity contribution in [2.75, 3.05) is 6.26 Å². The van der Waals surface area contributed by atoms with Crippen LogP contribution in [0.25, 0.3) is 11.0 Å². The van der Waals surface area contributed by atoms with Gasteiger partial charge in [-0.3, -0.25) is 0 Å². The molecule has 0 radical (unpaired) electrons. The van der Waals surface area contributed by atoms with Crippen molar-refractivity contribution in [3.63, 3.8) is 0 Å². The monoisotopic (exact) mass is 239 g/mol. The predicted molar refractivity (Wildman–Crippen MR) is 70.0 cm³/mol. The van der Waals surface area contributed by atoms with Gasteiger partial charge in [-0.25, -0.2) is 0 Å². The third-order valence-corrected chi connectivity index (χ3v) is 1.73. The maximum absolute atomic E-state index is 10.2. The van der Waals surface area contributed by atoms with Crippen LogP contribution in [0.2, 0.25) is 0 Å². The van der Waals surface area contributed by atoms with Crippen LogP contribution >= 0.6 is 12.6 Å². The highest BCUT2D eigenvalue weighted by Gasteiger charge is 2.04. The van der Waals surface area contributed by atoms with Crippen LogP contribution in [-0.4, -0.2) is 17.7 Å². The molecule has 1 aromatic heterocycles. The summed E-state index contributed by atoms with van der Waals surface area (Å²) in [6, 6.07) is 7.49. The average Bonchev–Trinajstić information content (AvgIpc) is 2.79. The largest absolute Gasteiger partial charge is 0.356 e. The Bertz CT molecular complexity index is 412. The molecule has 0 aliphatic heterocycles. The zero-order chi connectivity index (χ0) is 12.4. The van der Waals surface area contributed by atoms with E-state index in [4.69, 9.17) is 4.52 Å². The van der Waals surface area contributed by atoms with E-state index in [9.17, 15) is 4.79 Å². The molecule has 0 amide bonds. The number of hydrogen-bond donors (Lipinski definition) is 1. The maximum Gasteiger partial charge on any atom is 0.167 e. The van der Waals surface area contributed by atoms with Crippen molar-refractivity contribution in [2.45, 2.75) is 20.3 Å². The van der Waals surface area contributed by atoms with Gasteiger partial charge in [-0.05, 0) is 18.4 Å². The molecular formula is C12H17NO2S. The topological polar surface area (TPSA) is 43.1 Å². The number of aromatic nitrogens is 1. The summed E-state index contributed by atoms with van der Waals surface area (Å²) in [5.41, 5.74) is 1.44. The van der Waals surface area contributed by atoms with Gasteiger partial charge in [-0.1, -0.05) is 31.1 Å². The second-order valence-electron chi connectivity index (χ2n) is 2.50. The average molecular weight is 239 g/mol. The van der Waals surface area contributed by atoms with Gasteiger partial charge >= 0.3 is 0 Å². The fourth-order valence-electron chi connectivity index (χ4n) is 1.16. The zero-order valence-corrected chi connectivity index (χ0v) is 10.7. The first-order valence-corrected chi connectivity index (χ1v) is 6.03. The fraction of sp³-hybridized carbons (Fsp3) is 0.333. The number of aldehydes is 1. The first kappa shape index (κ1) is 14.7. The molecule has 1 heterocycles. The molecule has 0 N–H and O–H groups in total. The van der Waals surface area contributed by atoms with Gasteiger partial charge in [0.1, 0.15) is 6.29 Å². The first-order chi connectivity index (χ1) is 7.92. The molecule has 16 heavy (non-hydrogen) atoms. The van der Waals surface area contributed by atoms with Crippen LogP contribution in [0.3, 0.4) is 0 Å². The Morgan fingerprint density at radius 3 is 2.56 bits per heavy atom. The van der Waals surface area contributed by atoms with E-state index < -0.39 is 0 Å². The van der Waals surface area contributed by atoms with E-state index in [0.29, 0.717) is 12.1 Å². The molecule has 0 fully saturated rings. The Hall–Kier alpha value is -1.29. The van der Waals surface area contributed by atoms with Crippen LogP contribution in [0, 0.1) is 0 Å². The number of rotatable bonds is 2. The summed E-state index contributed by atoms with van der Waals surface area (Å²) in [6.07, 6.45) is 2.83. The Balaban J connectivity index is 0.000000509. The Morgan fingerprint density at radius 1 is 1.31 bits per heavy atom. The van der Waals surface area contributed by atoms with Crippen LogP contribution in [0.4, 0.5) is 0 Å². The smallest absolute Gasteiger partial charge is 0.167 e. The molecule has 1 aromatic carbocycles. The van der Waals surface area contributed by atoms with Gasteiger partial charge in [0.25, 0.3) is 0 Å². The van der Waals surface area contributed by atoms with Gasteiger partial charge in [-0.15, -0.1) is 0 Å². The predicted octanol–water partition coefficient (Wildman–Crippen LogP) is 3.14. The molecule has 0 bridgehead atoms. The summed E-state index contributed by atoms with van der Waals surface area (Å²) in [4.78, 5) is 10.2. The van der Waals surface area contributed by atoms with Gasteiger partial charge in [0, 0.05) is 11.8 Å². The summed E-state index contributed by atoms with van der Waals surface area (Å²) in [6.45, 7) is 4.00. The van der Waals surface area contributed by atoms with Crippen LogP contribution in [0.1, 0.15) is 19.5 Å². The second kappa shape index (κ2) is 8.97. The van der Waals surface area contributed by atoms with Gasteiger partial charge in [0.15, 0.2) is 5.58 Å². The van der Waals surface area contributed by atoms with Crippen molar-refractivity contribution in [1.29, 1.82) is 0 Å². The van der Waals surface area contributed by atoms with Crippen molar-refractivity contribution < 1.29 is 9.32 Å². The lowest BCUT2D eigenvalue weighted by atomic mass is 10.2. The lowest BCUT2D eigenvalue weighted by Gasteiger charge is -1.85. The van der Waals surface area contributed by atoms with Gasteiger partial charge in [0.2, 0.25) is 0 Å². The first-order valence-electron chi connectivity index (χ1n) is 5.13. The SMILES string of the molecule is CC.CS.O=CCc1noc2ccccc12. The maximum atomic E-state index is 10.2. The normalized spacial score (nSPS) is 8.50. The van der Waals surface area contributed by atoms with Gasteiger partial charge in [0.05, 0.1) is 5.69 Å². The van der Waals surface area contributed by atoms with Crippen LogP contribution in [0.5, 0.6) is 0 Å². The van der Waals surface area contributed by atoms with Crippen molar-refractivity contribution in [3.05, 3.63) is 30.0 Å². The van der Waals surface area contributed by atoms with Crippen LogP contribution in [0.15, 0.2) is 28.8 Å². The lowest BCUT2D eigenvalue weighted by Crippen LogP contribution is -1.84. The van der Waals surface area contributed by atoms with Crippen LogP contribution < -0.4 is 0 Å². The highest BCUT2D eigenvalue weighted by Crippen LogP contribution is 2.17. The van der Waals surface area contributed by atoms with E-state index in [1.807, 2.05) is 38.1 Å². The highest BCUT2D eigenvalue weighted by molar-refractivity contribution is 7.79. The summed E-state index contributed by atoms with van der Waals surface area (Å²) < 4.78 is 4.99. The second-order valence-corrected chi connectivity index (χ2v) is 2.50. The van der Waals surface area contributed by atoms with E-state index >= 15 is 0 Å². The number of thiol groups is 1. The fourth-order valence-corrected chi connectivity index (χ4v) is 1.16. The molecular weight excluding hydrogens is 222 g/mol. The molecule has 0 saturated carbocycles. The van der Waals surface area contributed by atoms with E-state index in [1.54, 1.807) is 6.26 Å². The van der Waals surface area contributed by atoms with Crippen molar-refractivity contribution in [2.24, 2.45) is 0 Å². The zero-order valence-electron chi connectivity index (χ0n) is 9.80. The summed E-state index contributed by atoms with van der Waals surface area (Å²) in [5, 5.41) is 4.70. The van der Waals surface area contributed by atoms with E-state index in [1.165, 1.54) is 0 Å². The number of para-hydroxylation sites is 1. The summed E-state index contributed by atoms with van der Waals surface area (Å²) >= 11 is 3.53. The number of hydrogen-bond acceptors (Lipinski definition) is 4. The Labute approximate surface area is 101 Å². The van der Waals surface area contributed by atoms with E-state index in [2.05, 4.69) is 17.8 Å². The number of carbonyl (C=O) groups is 1. The molecule has 0 aliphatic carbocycles. The number of benzene rings is 1.